The predicted molar refractivity (Wildman–Crippen MR) is 106 cm³/mol. The highest BCUT2D eigenvalue weighted by Gasteiger charge is 2.21. The van der Waals surface area contributed by atoms with E-state index in [9.17, 15) is 8.42 Å². The van der Waals surface area contributed by atoms with Crippen molar-refractivity contribution in [1.29, 1.82) is 0 Å². The highest BCUT2D eigenvalue weighted by atomic mass is 32.2. The second-order valence-electron chi connectivity index (χ2n) is 5.97. The van der Waals surface area contributed by atoms with Gasteiger partial charge in [-0.1, -0.05) is 12.1 Å². The summed E-state index contributed by atoms with van der Waals surface area (Å²) in [5, 5.41) is 0.769. The number of anilines is 1. The average Bonchev–Trinajstić information content (AvgIpc) is 2.63. The van der Waals surface area contributed by atoms with E-state index in [0.717, 1.165) is 10.9 Å². The van der Waals surface area contributed by atoms with Crippen molar-refractivity contribution in [2.24, 2.45) is 0 Å². The summed E-state index contributed by atoms with van der Waals surface area (Å²) in [6, 6.07) is 12.1. The Kier molecular flexibility index (Phi) is 5.51. The van der Waals surface area contributed by atoms with Gasteiger partial charge in [-0.3, -0.25) is 9.71 Å². The Labute approximate surface area is 159 Å². The van der Waals surface area contributed by atoms with Gasteiger partial charge in [-0.05, 0) is 50.6 Å². The largest absolute Gasteiger partial charge is 0.494 e. The van der Waals surface area contributed by atoms with E-state index >= 15 is 0 Å². The normalized spacial score (nSPS) is 11.4. The number of ether oxygens (including phenoxy) is 2. The van der Waals surface area contributed by atoms with E-state index in [1.54, 1.807) is 36.5 Å². The van der Waals surface area contributed by atoms with Crippen molar-refractivity contribution >= 4 is 26.6 Å². The van der Waals surface area contributed by atoms with Crippen LogP contribution in [-0.4, -0.2) is 26.6 Å². The van der Waals surface area contributed by atoms with E-state index in [0.29, 0.717) is 35.9 Å². The van der Waals surface area contributed by atoms with Gasteiger partial charge in [0.25, 0.3) is 10.0 Å². The lowest BCUT2D eigenvalue weighted by Crippen LogP contribution is -2.15. The third kappa shape index (κ3) is 4.14. The molecule has 0 aliphatic heterocycles. The monoisotopic (exact) mass is 386 g/mol. The Balaban J connectivity index is 2.06. The van der Waals surface area contributed by atoms with E-state index < -0.39 is 10.0 Å². The summed E-state index contributed by atoms with van der Waals surface area (Å²) in [5.41, 5.74) is 1.72. The van der Waals surface area contributed by atoms with Crippen LogP contribution in [0.5, 0.6) is 11.5 Å². The Hall–Kier alpha value is -2.80. The minimum absolute atomic E-state index is 0.115. The van der Waals surface area contributed by atoms with Gasteiger partial charge in [0, 0.05) is 17.6 Å². The van der Waals surface area contributed by atoms with Gasteiger partial charge in [-0.15, -0.1) is 0 Å². The van der Waals surface area contributed by atoms with Gasteiger partial charge in [0.05, 0.1) is 24.4 Å². The fraction of sp³-hybridized carbons (Fsp3) is 0.250. The number of hydrogen-bond donors (Lipinski definition) is 1. The zero-order valence-corrected chi connectivity index (χ0v) is 16.3. The summed E-state index contributed by atoms with van der Waals surface area (Å²) < 4.78 is 39.8. The molecule has 0 saturated heterocycles. The first kappa shape index (κ1) is 19.0. The number of para-hydroxylation sites is 1. The van der Waals surface area contributed by atoms with Crippen LogP contribution in [-0.2, 0) is 10.0 Å². The van der Waals surface area contributed by atoms with Crippen molar-refractivity contribution in [2.75, 3.05) is 17.9 Å². The second-order valence-corrected chi connectivity index (χ2v) is 7.62. The smallest absolute Gasteiger partial charge is 0.264 e. The van der Waals surface area contributed by atoms with E-state index in [1.807, 2.05) is 32.9 Å². The van der Waals surface area contributed by atoms with E-state index in [4.69, 9.17) is 9.47 Å². The van der Waals surface area contributed by atoms with Gasteiger partial charge in [-0.2, -0.15) is 0 Å². The van der Waals surface area contributed by atoms with Crippen molar-refractivity contribution in [3.63, 3.8) is 0 Å². The van der Waals surface area contributed by atoms with E-state index in [2.05, 4.69) is 9.71 Å². The van der Waals surface area contributed by atoms with Crippen molar-refractivity contribution in [1.82, 2.24) is 4.98 Å². The quantitative estimate of drug-likeness (QED) is 0.660. The number of aromatic nitrogens is 1. The summed E-state index contributed by atoms with van der Waals surface area (Å²) >= 11 is 0. The Morgan fingerprint density at radius 1 is 1.04 bits per heavy atom. The molecule has 142 valence electrons. The molecule has 1 N–H and O–H groups in total. The third-order valence-electron chi connectivity index (χ3n) is 3.91. The number of nitrogens with one attached hydrogen (secondary N) is 1. The topological polar surface area (TPSA) is 77.5 Å². The van der Waals surface area contributed by atoms with Gasteiger partial charge in [0.1, 0.15) is 16.4 Å². The molecule has 0 aliphatic rings. The van der Waals surface area contributed by atoms with Crippen LogP contribution in [0.15, 0.2) is 53.6 Å². The fourth-order valence-corrected chi connectivity index (χ4v) is 4.03. The first-order valence-electron chi connectivity index (χ1n) is 8.72. The van der Waals surface area contributed by atoms with Crippen molar-refractivity contribution in [2.45, 2.75) is 25.7 Å². The lowest BCUT2D eigenvalue weighted by atomic mass is 10.2. The van der Waals surface area contributed by atoms with Crippen LogP contribution in [0.25, 0.3) is 10.9 Å². The van der Waals surface area contributed by atoms with Crippen molar-refractivity contribution < 1.29 is 17.9 Å². The molecule has 1 heterocycles. The molecular formula is C20H22N2O4S. The number of nitrogens with zero attached hydrogens (tertiary/aromatic N) is 1. The van der Waals surface area contributed by atoms with Crippen LogP contribution < -0.4 is 14.2 Å². The van der Waals surface area contributed by atoms with Gasteiger partial charge in [-0.25, -0.2) is 8.42 Å². The van der Waals surface area contributed by atoms with E-state index in [1.165, 1.54) is 0 Å². The maximum atomic E-state index is 13.1. The number of rotatable bonds is 7. The molecular weight excluding hydrogens is 364 g/mol. The summed E-state index contributed by atoms with van der Waals surface area (Å²) in [7, 11) is -3.87. The van der Waals surface area contributed by atoms with Crippen LogP contribution >= 0.6 is 0 Å². The molecule has 0 fully saturated rings. The minimum Gasteiger partial charge on any atom is -0.494 e. The van der Waals surface area contributed by atoms with Crippen LogP contribution in [0, 0.1) is 6.92 Å². The van der Waals surface area contributed by atoms with Crippen molar-refractivity contribution in [3.8, 4) is 11.5 Å². The predicted octanol–water partition coefficient (Wildman–Crippen LogP) is 4.14. The van der Waals surface area contributed by atoms with Crippen LogP contribution in [0.3, 0.4) is 0 Å². The second kappa shape index (κ2) is 7.84. The molecule has 6 nitrogen and oxygen atoms in total. The molecule has 0 aliphatic carbocycles. The number of aryl methyl sites for hydroxylation is 1. The molecule has 0 atom stereocenters. The maximum absolute atomic E-state index is 13.1. The van der Waals surface area contributed by atoms with Gasteiger partial charge in [0.2, 0.25) is 0 Å². The molecule has 0 amide bonds. The standard InChI is InChI=1S/C20H22N2O4S/c1-4-25-16-9-10-18(26-5-2)17(12-16)22-27(23,24)19-8-6-7-15-11-14(3)13-21-20(15)19/h6-13,22H,4-5H2,1-3H3. The Morgan fingerprint density at radius 3 is 2.56 bits per heavy atom. The van der Waals surface area contributed by atoms with Gasteiger partial charge >= 0.3 is 0 Å². The molecule has 2 aromatic carbocycles. The summed E-state index contributed by atoms with van der Waals surface area (Å²) in [6.45, 7) is 6.51. The molecule has 3 aromatic rings. The Morgan fingerprint density at radius 2 is 1.81 bits per heavy atom. The fourth-order valence-electron chi connectivity index (χ4n) is 2.79. The van der Waals surface area contributed by atoms with Gasteiger partial charge < -0.3 is 9.47 Å². The lowest BCUT2D eigenvalue weighted by Gasteiger charge is -2.15. The lowest BCUT2D eigenvalue weighted by molar-refractivity contribution is 0.332. The Bertz CT molecular complexity index is 1060. The molecule has 0 radical (unpaired) electrons. The summed E-state index contributed by atoms with van der Waals surface area (Å²) in [6.07, 6.45) is 1.66. The number of fused-ring (bicyclic) bond motifs is 1. The zero-order valence-electron chi connectivity index (χ0n) is 15.5. The molecule has 0 unspecified atom stereocenters. The zero-order chi connectivity index (χ0) is 19.4. The summed E-state index contributed by atoms with van der Waals surface area (Å²) in [5.74, 6) is 0.999. The molecule has 27 heavy (non-hydrogen) atoms. The highest BCUT2D eigenvalue weighted by molar-refractivity contribution is 7.93. The highest BCUT2D eigenvalue weighted by Crippen LogP contribution is 2.32. The number of sulfonamides is 1. The van der Waals surface area contributed by atoms with Crippen LogP contribution in [0.1, 0.15) is 19.4 Å². The number of hydrogen-bond acceptors (Lipinski definition) is 5. The maximum Gasteiger partial charge on any atom is 0.264 e. The van der Waals surface area contributed by atoms with E-state index in [-0.39, 0.29) is 4.90 Å². The molecule has 3 rings (SSSR count). The van der Waals surface area contributed by atoms with Crippen molar-refractivity contribution in [3.05, 3.63) is 54.2 Å². The van der Waals surface area contributed by atoms with Crippen LogP contribution in [0.4, 0.5) is 5.69 Å². The van der Waals surface area contributed by atoms with Gasteiger partial charge in [0.15, 0.2) is 0 Å². The molecule has 0 saturated carbocycles. The number of benzene rings is 2. The summed E-state index contributed by atoms with van der Waals surface area (Å²) in [4.78, 5) is 4.43. The number of pyridine rings is 1. The molecule has 0 spiro atoms. The third-order valence-corrected chi connectivity index (χ3v) is 5.30. The SMILES string of the molecule is CCOc1ccc(OCC)c(NS(=O)(=O)c2cccc3cc(C)cnc23)c1. The molecule has 1 aromatic heterocycles. The minimum atomic E-state index is -3.87. The first-order valence-corrected chi connectivity index (χ1v) is 10.2. The molecule has 0 bridgehead atoms. The molecule has 7 heteroatoms. The van der Waals surface area contributed by atoms with Crippen LogP contribution in [0.2, 0.25) is 0 Å². The first-order chi connectivity index (χ1) is 12.9. The average molecular weight is 386 g/mol.